The van der Waals surface area contributed by atoms with E-state index in [9.17, 15) is 4.79 Å². The van der Waals surface area contributed by atoms with Gasteiger partial charge in [-0.25, -0.2) is 5.84 Å². The quantitative estimate of drug-likeness (QED) is 0.382. The summed E-state index contributed by atoms with van der Waals surface area (Å²) in [4.78, 5) is 25.7. The number of anilines is 3. The molecule has 0 radical (unpaired) electrons. The molecule has 1 heterocycles. The van der Waals surface area contributed by atoms with Crippen molar-refractivity contribution >= 4 is 23.8 Å². The van der Waals surface area contributed by atoms with Crippen molar-refractivity contribution in [1.82, 2.24) is 20.3 Å². The fourth-order valence-electron chi connectivity index (χ4n) is 1.52. The molecule has 0 atom stereocenters. The molecule has 0 bridgehead atoms. The van der Waals surface area contributed by atoms with E-state index in [4.69, 9.17) is 5.84 Å². The molecule has 0 aliphatic heterocycles. The number of hydrogen-bond donors (Lipinski definition) is 4. The minimum atomic E-state index is 0.0408. The second kappa shape index (κ2) is 6.33. The molecule has 1 amide bonds. The van der Waals surface area contributed by atoms with Gasteiger partial charge in [0.1, 0.15) is 0 Å². The van der Waals surface area contributed by atoms with Gasteiger partial charge in [0.15, 0.2) is 0 Å². The molecule has 0 unspecified atom stereocenters. The average Bonchev–Trinajstić information content (AvgIpc) is 3.22. The third kappa shape index (κ3) is 4.19. The Kier molecular flexibility index (Phi) is 4.51. The first-order valence-electron chi connectivity index (χ1n) is 6.51. The summed E-state index contributed by atoms with van der Waals surface area (Å²) in [5.74, 6) is 6.50. The van der Waals surface area contributed by atoms with E-state index in [0.29, 0.717) is 30.9 Å². The molecule has 2 rings (SSSR count). The Balaban J connectivity index is 1.87. The van der Waals surface area contributed by atoms with Gasteiger partial charge in [0, 0.05) is 33.1 Å². The van der Waals surface area contributed by atoms with Crippen LogP contribution in [0, 0.1) is 0 Å². The first kappa shape index (κ1) is 14.3. The Morgan fingerprint density at radius 3 is 2.60 bits per heavy atom. The highest BCUT2D eigenvalue weighted by Gasteiger charge is 2.22. The summed E-state index contributed by atoms with van der Waals surface area (Å²) in [6.07, 6.45) is 2.56. The zero-order valence-corrected chi connectivity index (χ0v) is 11.7. The van der Waals surface area contributed by atoms with Crippen molar-refractivity contribution in [3.8, 4) is 0 Å². The van der Waals surface area contributed by atoms with Crippen molar-refractivity contribution in [1.29, 1.82) is 0 Å². The highest BCUT2D eigenvalue weighted by Crippen LogP contribution is 2.18. The summed E-state index contributed by atoms with van der Waals surface area (Å²) in [6.45, 7) is 0.458. The maximum atomic E-state index is 11.5. The highest BCUT2D eigenvalue weighted by atomic mass is 16.1. The molecular weight excluding hydrogens is 260 g/mol. The van der Waals surface area contributed by atoms with E-state index >= 15 is 0 Å². The van der Waals surface area contributed by atoms with Crippen LogP contribution in [0.25, 0.3) is 0 Å². The van der Waals surface area contributed by atoms with Crippen molar-refractivity contribution in [3.63, 3.8) is 0 Å². The predicted octanol–water partition coefficient (Wildman–Crippen LogP) is -0.696. The monoisotopic (exact) mass is 280 g/mol. The van der Waals surface area contributed by atoms with E-state index in [-0.39, 0.29) is 11.9 Å². The number of carbonyl (C=O) groups excluding carboxylic acids is 1. The zero-order chi connectivity index (χ0) is 14.5. The van der Waals surface area contributed by atoms with Gasteiger partial charge >= 0.3 is 0 Å². The second-order valence-electron chi connectivity index (χ2n) is 4.84. The number of nitrogens with two attached hydrogens (primary N) is 1. The van der Waals surface area contributed by atoms with Crippen LogP contribution in [-0.2, 0) is 4.79 Å². The zero-order valence-electron chi connectivity index (χ0n) is 11.7. The lowest BCUT2D eigenvalue weighted by atomic mass is 10.4. The molecule has 9 heteroatoms. The van der Waals surface area contributed by atoms with Gasteiger partial charge in [0.05, 0.1) is 0 Å². The first-order valence-corrected chi connectivity index (χ1v) is 6.51. The molecule has 1 aromatic rings. The van der Waals surface area contributed by atoms with Crippen molar-refractivity contribution in [2.45, 2.75) is 25.3 Å². The van der Waals surface area contributed by atoms with Crippen LogP contribution in [0.3, 0.4) is 0 Å². The standard InChI is InChI=1S/C11H20N8O/c1-19(2)11-16-9(15-10(17-11)18-12)13-6-5-8(20)14-7-3-4-7/h7H,3-6,12H2,1-2H3,(H,14,20)(H2,13,15,16,17,18). The molecule has 1 aliphatic carbocycles. The number of carbonyl (C=O) groups is 1. The molecular formula is C11H20N8O. The Morgan fingerprint density at radius 2 is 2.00 bits per heavy atom. The van der Waals surface area contributed by atoms with E-state index < -0.39 is 0 Å². The van der Waals surface area contributed by atoms with E-state index in [2.05, 4.69) is 31.0 Å². The summed E-state index contributed by atoms with van der Waals surface area (Å²) in [5.41, 5.74) is 2.39. The molecule has 0 spiro atoms. The molecule has 110 valence electrons. The van der Waals surface area contributed by atoms with Gasteiger partial charge in [-0.1, -0.05) is 0 Å². The van der Waals surface area contributed by atoms with Gasteiger partial charge in [-0.2, -0.15) is 15.0 Å². The smallest absolute Gasteiger partial charge is 0.243 e. The maximum Gasteiger partial charge on any atom is 0.243 e. The lowest BCUT2D eigenvalue weighted by Crippen LogP contribution is -2.27. The van der Waals surface area contributed by atoms with Gasteiger partial charge in [-0.15, -0.1) is 0 Å². The van der Waals surface area contributed by atoms with Crippen LogP contribution in [0.1, 0.15) is 19.3 Å². The number of hydrogen-bond acceptors (Lipinski definition) is 8. The van der Waals surface area contributed by atoms with Crippen LogP contribution in [0.5, 0.6) is 0 Å². The number of hydrazine groups is 1. The molecule has 0 aromatic carbocycles. The van der Waals surface area contributed by atoms with Crippen LogP contribution < -0.4 is 26.8 Å². The van der Waals surface area contributed by atoms with Crippen LogP contribution in [0.4, 0.5) is 17.8 Å². The Bertz CT molecular complexity index is 473. The molecule has 5 N–H and O–H groups in total. The van der Waals surface area contributed by atoms with Crippen LogP contribution in [0.2, 0.25) is 0 Å². The molecule has 9 nitrogen and oxygen atoms in total. The summed E-state index contributed by atoms with van der Waals surface area (Å²) in [6, 6.07) is 0.382. The predicted molar refractivity (Wildman–Crippen MR) is 76.2 cm³/mol. The molecule has 1 aliphatic rings. The maximum absolute atomic E-state index is 11.5. The normalized spacial score (nSPS) is 13.8. The highest BCUT2D eigenvalue weighted by molar-refractivity contribution is 5.77. The Morgan fingerprint density at radius 1 is 1.30 bits per heavy atom. The number of rotatable bonds is 7. The van der Waals surface area contributed by atoms with Gasteiger partial charge in [0.25, 0.3) is 0 Å². The lowest BCUT2D eigenvalue weighted by molar-refractivity contribution is -0.120. The van der Waals surface area contributed by atoms with Crippen LogP contribution in [-0.4, -0.2) is 47.5 Å². The molecule has 1 fully saturated rings. The molecule has 1 saturated carbocycles. The first-order chi connectivity index (χ1) is 9.58. The third-order valence-electron chi connectivity index (χ3n) is 2.73. The average molecular weight is 280 g/mol. The molecule has 20 heavy (non-hydrogen) atoms. The number of nitrogens with one attached hydrogen (secondary N) is 3. The van der Waals surface area contributed by atoms with Gasteiger partial charge in [-0.3, -0.25) is 10.2 Å². The fraction of sp³-hybridized carbons (Fsp3) is 0.636. The molecule has 0 saturated heterocycles. The third-order valence-corrected chi connectivity index (χ3v) is 2.73. The van der Waals surface area contributed by atoms with Crippen molar-refractivity contribution < 1.29 is 4.79 Å². The second-order valence-corrected chi connectivity index (χ2v) is 4.84. The summed E-state index contributed by atoms with van der Waals surface area (Å²) < 4.78 is 0. The van der Waals surface area contributed by atoms with Crippen molar-refractivity contribution in [2.75, 3.05) is 36.3 Å². The Hall–Kier alpha value is -2.16. The number of aromatic nitrogens is 3. The SMILES string of the molecule is CN(C)c1nc(NN)nc(NCCC(=O)NC2CC2)n1. The summed E-state index contributed by atoms with van der Waals surface area (Å²) in [5, 5.41) is 5.91. The number of amides is 1. The van der Waals surface area contributed by atoms with E-state index in [1.165, 1.54) is 0 Å². The topological polar surface area (TPSA) is 121 Å². The summed E-state index contributed by atoms with van der Waals surface area (Å²) >= 11 is 0. The lowest BCUT2D eigenvalue weighted by Gasteiger charge is -2.13. The molecule has 1 aromatic heterocycles. The number of nitrogen functional groups attached to an aromatic ring is 1. The van der Waals surface area contributed by atoms with E-state index in [0.717, 1.165) is 12.8 Å². The minimum absolute atomic E-state index is 0.0408. The van der Waals surface area contributed by atoms with Crippen LogP contribution >= 0.6 is 0 Å². The minimum Gasteiger partial charge on any atom is -0.354 e. The van der Waals surface area contributed by atoms with E-state index in [1.54, 1.807) is 4.90 Å². The fourth-order valence-corrected chi connectivity index (χ4v) is 1.52. The van der Waals surface area contributed by atoms with Gasteiger partial charge < -0.3 is 15.5 Å². The largest absolute Gasteiger partial charge is 0.354 e. The number of nitrogens with zero attached hydrogens (tertiary/aromatic N) is 4. The van der Waals surface area contributed by atoms with Crippen molar-refractivity contribution in [2.24, 2.45) is 5.84 Å². The van der Waals surface area contributed by atoms with E-state index in [1.807, 2.05) is 14.1 Å². The van der Waals surface area contributed by atoms with Crippen LogP contribution in [0.15, 0.2) is 0 Å². The van der Waals surface area contributed by atoms with Crippen molar-refractivity contribution in [3.05, 3.63) is 0 Å². The van der Waals surface area contributed by atoms with Gasteiger partial charge in [-0.05, 0) is 12.8 Å². The Labute approximate surface area is 117 Å². The van der Waals surface area contributed by atoms with Gasteiger partial charge in [0.2, 0.25) is 23.8 Å². The summed E-state index contributed by atoms with van der Waals surface area (Å²) in [7, 11) is 3.64.